The van der Waals surface area contributed by atoms with Gasteiger partial charge in [0.1, 0.15) is 0 Å². The van der Waals surface area contributed by atoms with Crippen molar-refractivity contribution in [3.63, 3.8) is 0 Å². The molecule has 0 atom stereocenters. The van der Waals surface area contributed by atoms with Gasteiger partial charge in [0.15, 0.2) is 0 Å². The molecule has 1 aliphatic carbocycles. The third-order valence-corrected chi connectivity index (χ3v) is 4.35. The fourth-order valence-electron chi connectivity index (χ4n) is 2.68. The van der Waals surface area contributed by atoms with Gasteiger partial charge in [-0.1, -0.05) is 60.2 Å². The number of hydrogen-bond donors (Lipinski definition) is 1. The van der Waals surface area contributed by atoms with Crippen LogP contribution in [0.5, 0.6) is 0 Å². The van der Waals surface area contributed by atoms with Crippen LogP contribution in [0.2, 0.25) is 0 Å². The van der Waals surface area contributed by atoms with Crippen LogP contribution in [0.25, 0.3) is 0 Å². The first-order chi connectivity index (χ1) is 10.6. The third-order valence-electron chi connectivity index (χ3n) is 4.35. The van der Waals surface area contributed by atoms with Gasteiger partial charge in [0.2, 0.25) is 5.78 Å². The SMILES string of the molecule is Cc1ccc(C(=O)C(=O)NCC2(c3ccccc3)CC2)cc1. The molecule has 1 N–H and O–H groups in total. The van der Waals surface area contributed by atoms with E-state index in [-0.39, 0.29) is 5.41 Å². The predicted molar refractivity (Wildman–Crippen MR) is 85.9 cm³/mol. The zero-order valence-electron chi connectivity index (χ0n) is 12.6. The van der Waals surface area contributed by atoms with Gasteiger partial charge in [-0.3, -0.25) is 9.59 Å². The van der Waals surface area contributed by atoms with Crippen LogP contribution in [0.1, 0.15) is 34.3 Å². The average Bonchev–Trinajstić information content (AvgIpc) is 3.35. The Balaban J connectivity index is 1.63. The summed E-state index contributed by atoms with van der Waals surface area (Å²) in [6.07, 6.45) is 2.10. The van der Waals surface area contributed by atoms with E-state index in [9.17, 15) is 9.59 Å². The molecule has 0 aromatic heterocycles. The molecule has 2 aromatic rings. The Bertz CT molecular complexity index is 685. The number of hydrogen-bond acceptors (Lipinski definition) is 2. The van der Waals surface area contributed by atoms with Gasteiger partial charge in [-0.2, -0.15) is 0 Å². The van der Waals surface area contributed by atoms with Crippen LogP contribution in [0.3, 0.4) is 0 Å². The standard InChI is InChI=1S/C19H19NO2/c1-14-7-9-15(10-8-14)17(21)18(22)20-13-19(11-12-19)16-5-3-2-4-6-16/h2-10H,11-13H2,1H3,(H,20,22). The van der Waals surface area contributed by atoms with Gasteiger partial charge in [0.05, 0.1) is 0 Å². The Morgan fingerprint density at radius 3 is 2.23 bits per heavy atom. The molecule has 0 aliphatic heterocycles. The Morgan fingerprint density at radius 1 is 1.00 bits per heavy atom. The minimum absolute atomic E-state index is 0.0183. The van der Waals surface area contributed by atoms with E-state index in [1.807, 2.05) is 37.3 Å². The van der Waals surface area contributed by atoms with E-state index in [2.05, 4.69) is 17.4 Å². The summed E-state index contributed by atoms with van der Waals surface area (Å²) in [7, 11) is 0. The van der Waals surface area contributed by atoms with Crippen LogP contribution in [0.15, 0.2) is 54.6 Å². The molecule has 0 unspecified atom stereocenters. The van der Waals surface area contributed by atoms with Crippen molar-refractivity contribution >= 4 is 11.7 Å². The summed E-state index contributed by atoms with van der Waals surface area (Å²) in [5.74, 6) is -0.991. The van der Waals surface area contributed by atoms with Gasteiger partial charge in [-0.15, -0.1) is 0 Å². The largest absolute Gasteiger partial charge is 0.348 e. The first-order valence-corrected chi connectivity index (χ1v) is 7.55. The molecule has 1 amide bonds. The number of benzene rings is 2. The molecule has 3 rings (SSSR count). The lowest BCUT2D eigenvalue weighted by molar-refractivity contribution is -0.117. The Kier molecular flexibility index (Phi) is 3.80. The third kappa shape index (κ3) is 2.93. The Morgan fingerprint density at radius 2 is 1.64 bits per heavy atom. The van der Waals surface area contributed by atoms with Gasteiger partial charge in [-0.05, 0) is 25.3 Å². The molecular formula is C19H19NO2. The lowest BCUT2D eigenvalue weighted by atomic mass is 9.96. The smallest absolute Gasteiger partial charge is 0.292 e. The van der Waals surface area contributed by atoms with Crippen molar-refractivity contribution in [2.75, 3.05) is 6.54 Å². The van der Waals surface area contributed by atoms with Crippen LogP contribution in [-0.4, -0.2) is 18.2 Å². The van der Waals surface area contributed by atoms with E-state index in [1.165, 1.54) is 5.56 Å². The second kappa shape index (κ2) is 5.76. The summed E-state index contributed by atoms with van der Waals surface area (Å²) < 4.78 is 0. The molecule has 0 saturated heterocycles. The maximum atomic E-state index is 12.1. The predicted octanol–water partition coefficient (Wildman–Crippen LogP) is 3.03. The molecular weight excluding hydrogens is 274 g/mol. The van der Waals surface area contributed by atoms with Gasteiger partial charge < -0.3 is 5.32 Å². The topological polar surface area (TPSA) is 46.2 Å². The highest BCUT2D eigenvalue weighted by Gasteiger charge is 2.44. The van der Waals surface area contributed by atoms with Crippen molar-refractivity contribution in [3.05, 3.63) is 71.3 Å². The van der Waals surface area contributed by atoms with E-state index in [0.29, 0.717) is 12.1 Å². The van der Waals surface area contributed by atoms with Crippen molar-refractivity contribution in [2.45, 2.75) is 25.2 Å². The molecule has 0 spiro atoms. The van der Waals surface area contributed by atoms with Crippen molar-refractivity contribution in [1.29, 1.82) is 0 Å². The highest BCUT2D eigenvalue weighted by atomic mass is 16.2. The molecule has 0 radical (unpaired) electrons. The van der Waals surface area contributed by atoms with Crippen molar-refractivity contribution < 1.29 is 9.59 Å². The molecule has 22 heavy (non-hydrogen) atoms. The Labute approximate surface area is 130 Å². The van der Waals surface area contributed by atoms with E-state index in [4.69, 9.17) is 0 Å². The number of carbonyl (C=O) groups excluding carboxylic acids is 2. The van der Waals surface area contributed by atoms with Crippen LogP contribution in [0.4, 0.5) is 0 Å². The zero-order valence-corrected chi connectivity index (χ0v) is 12.6. The number of Topliss-reactive ketones (excluding diaryl/α,β-unsaturated/α-hetero) is 1. The fourth-order valence-corrected chi connectivity index (χ4v) is 2.68. The van der Waals surface area contributed by atoms with E-state index < -0.39 is 11.7 Å². The fraction of sp³-hybridized carbons (Fsp3) is 0.263. The molecule has 1 aliphatic rings. The number of nitrogens with one attached hydrogen (secondary N) is 1. The second-order valence-corrected chi connectivity index (χ2v) is 6.02. The van der Waals surface area contributed by atoms with Gasteiger partial charge in [-0.25, -0.2) is 0 Å². The maximum Gasteiger partial charge on any atom is 0.292 e. The molecule has 1 saturated carbocycles. The number of amides is 1. The molecule has 0 heterocycles. The van der Waals surface area contributed by atoms with Crippen molar-refractivity contribution in [1.82, 2.24) is 5.32 Å². The van der Waals surface area contributed by atoms with Crippen LogP contribution >= 0.6 is 0 Å². The summed E-state index contributed by atoms with van der Waals surface area (Å²) >= 11 is 0. The van der Waals surface area contributed by atoms with E-state index in [1.54, 1.807) is 12.1 Å². The summed E-state index contributed by atoms with van der Waals surface area (Å²) in [5.41, 5.74) is 2.76. The average molecular weight is 293 g/mol. The molecule has 1 fully saturated rings. The lowest BCUT2D eigenvalue weighted by Crippen LogP contribution is -2.36. The summed E-state index contributed by atoms with van der Waals surface area (Å²) in [4.78, 5) is 24.2. The summed E-state index contributed by atoms with van der Waals surface area (Å²) in [6.45, 7) is 2.47. The van der Waals surface area contributed by atoms with E-state index in [0.717, 1.165) is 18.4 Å². The zero-order chi connectivity index (χ0) is 15.6. The van der Waals surface area contributed by atoms with Crippen molar-refractivity contribution in [3.8, 4) is 0 Å². The summed E-state index contributed by atoms with van der Waals surface area (Å²) in [5, 5.41) is 2.81. The van der Waals surface area contributed by atoms with Gasteiger partial charge >= 0.3 is 0 Å². The highest BCUT2D eigenvalue weighted by Crippen LogP contribution is 2.47. The number of ketones is 1. The van der Waals surface area contributed by atoms with Gasteiger partial charge in [0.25, 0.3) is 5.91 Å². The number of carbonyl (C=O) groups is 2. The minimum atomic E-state index is -0.522. The highest BCUT2D eigenvalue weighted by molar-refractivity contribution is 6.42. The van der Waals surface area contributed by atoms with Crippen LogP contribution < -0.4 is 5.32 Å². The minimum Gasteiger partial charge on any atom is -0.348 e. The van der Waals surface area contributed by atoms with E-state index >= 15 is 0 Å². The normalized spacial score (nSPS) is 15.1. The maximum absolute atomic E-state index is 12.1. The first kappa shape index (κ1) is 14.5. The van der Waals surface area contributed by atoms with Gasteiger partial charge in [0, 0.05) is 17.5 Å². The van der Waals surface area contributed by atoms with Crippen LogP contribution in [-0.2, 0) is 10.2 Å². The molecule has 112 valence electrons. The first-order valence-electron chi connectivity index (χ1n) is 7.55. The molecule has 3 nitrogen and oxygen atoms in total. The second-order valence-electron chi connectivity index (χ2n) is 6.02. The van der Waals surface area contributed by atoms with Crippen molar-refractivity contribution in [2.24, 2.45) is 0 Å². The Hall–Kier alpha value is -2.42. The monoisotopic (exact) mass is 293 g/mol. The summed E-state index contributed by atoms with van der Waals surface area (Å²) in [6, 6.07) is 17.2. The molecule has 0 bridgehead atoms. The number of aryl methyl sites for hydroxylation is 1. The molecule has 3 heteroatoms. The van der Waals surface area contributed by atoms with Crippen LogP contribution in [0, 0.1) is 6.92 Å². The number of rotatable bonds is 5. The molecule has 2 aromatic carbocycles. The quantitative estimate of drug-likeness (QED) is 0.680. The lowest BCUT2D eigenvalue weighted by Gasteiger charge is -2.16.